The molecular weight excluding hydrogens is 370 g/mol. The van der Waals surface area contributed by atoms with Crippen LogP contribution in [0.25, 0.3) is 33.3 Å². The van der Waals surface area contributed by atoms with Gasteiger partial charge in [-0.3, -0.25) is 4.98 Å². The first-order valence-corrected chi connectivity index (χ1v) is 8.08. The molecule has 4 aromatic rings. The number of methoxy groups -OCH3 is 1. The number of benzene rings is 2. The van der Waals surface area contributed by atoms with E-state index in [1.54, 1.807) is 12.3 Å². The van der Waals surface area contributed by atoms with Crippen LogP contribution in [0.5, 0.6) is 0 Å². The van der Waals surface area contributed by atoms with E-state index in [0.717, 1.165) is 26.5 Å². The molecule has 4 rings (SSSR count). The maximum Gasteiger partial charge on any atom is 0.340 e. The van der Waals surface area contributed by atoms with E-state index in [-0.39, 0.29) is 0 Å². The Morgan fingerprint density at radius 2 is 2.08 bits per heavy atom. The molecular formula is C18H12BrN3O2. The number of imidazole rings is 1. The molecule has 1 N–H and O–H groups in total. The number of aromatic amines is 1. The summed E-state index contributed by atoms with van der Waals surface area (Å²) in [6, 6.07) is 13.3. The number of hydrogen-bond donors (Lipinski definition) is 1. The van der Waals surface area contributed by atoms with Gasteiger partial charge in [-0.25, -0.2) is 9.78 Å². The van der Waals surface area contributed by atoms with Crippen LogP contribution in [0.1, 0.15) is 10.4 Å². The van der Waals surface area contributed by atoms with Crippen LogP contribution in [-0.2, 0) is 4.74 Å². The second-order valence-corrected chi connectivity index (χ2v) is 6.25. The number of fused-ring (bicyclic) bond motifs is 2. The van der Waals surface area contributed by atoms with Crippen molar-refractivity contribution in [2.75, 3.05) is 7.11 Å². The molecule has 0 fully saturated rings. The van der Waals surface area contributed by atoms with Gasteiger partial charge in [-0.2, -0.15) is 0 Å². The second-order valence-electron chi connectivity index (χ2n) is 5.34. The van der Waals surface area contributed by atoms with Gasteiger partial charge in [-0.1, -0.05) is 22.0 Å². The Morgan fingerprint density at radius 3 is 2.92 bits per heavy atom. The molecule has 0 saturated heterocycles. The van der Waals surface area contributed by atoms with E-state index < -0.39 is 5.97 Å². The van der Waals surface area contributed by atoms with Gasteiger partial charge in [0.15, 0.2) is 0 Å². The number of rotatable bonds is 2. The van der Waals surface area contributed by atoms with E-state index >= 15 is 0 Å². The smallest absolute Gasteiger partial charge is 0.340 e. The maximum absolute atomic E-state index is 12.1. The van der Waals surface area contributed by atoms with Crippen molar-refractivity contribution >= 4 is 43.8 Å². The first-order chi connectivity index (χ1) is 11.7. The fourth-order valence-corrected chi connectivity index (χ4v) is 3.07. The average molecular weight is 382 g/mol. The van der Waals surface area contributed by atoms with Gasteiger partial charge in [-0.15, -0.1) is 0 Å². The van der Waals surface area contributed by atoms with Gasteiger partial charge < -0.3 is 9.72 Å². The topological polar surface area (TPSA) is 67.9 Å². The summed E-state index contributed by atoms with van der Waals surface area (Å²) >= 11 is 3.45. The summed E-state index contributed by atoms with van der Waals surface area (Å²) in [5.41, 5.74) is 3.63. The van der Waals surface area contributed by atoms with Crippen molar-refractivity contribution < 1.29 is 9.53 Å². The van der Waals surface area contributed by atoms with Gasteiger partial charge in [0, 0.05) is 21.6 Å². The molecule has 0 unspecified atom stereocenters. The van der Waals surface area contributed by atoms with Gasteiger partial charge in [0.25, 0.3) is 0 Å². The molecule has 0 radical (unpaired) electrons. The quantitative estimate of drug-likeness (QED) is 0.524. The number of nitrogens with one attached hydrogen (secondary N) is 1. The number of carbonyl (C=O) groups is 1. The summed E-state index contributed by atoms with van der Waals surface area (Å²) < 4.78 is 5.87. The van der Waals surface area contributed by atoms with Crippen LogP contribution in [0.3, 0.4) is 0 Å². The number of esters is 1. The van der Waals surface area contributed by atoms with Crippen LogP contribution < -0.4 is 0 Å². The van der Waals surface area contributed by atoms with Gasteiger partial charge in [-0.05, 0) is 36.4 Å². The Hall–Kier alpha value is -2.73. The van der Waals surface area contributed by atoms with E-state index in [2.05, 4.69) is 30.9 Å². The Morgan fingerprint density at radius 1 is 1.21 bits per heavy atom. The second kappa shape index (κ2) is 5.72. The molecule has 0 spiro atoms. The van der Waals surface area contributed by atoms with Gasteiger partial charge >= 0.3 is 5.97 Å². The average Bonchev–Trinajstić information content (AvgIpc) is 3.03. The van der Waals surface area contributed by atoms with Crippen molar-refractivity contribution in [1.29, 1.82) is 0 Å². The Balaban J connectivity index is 1.96. The molecule has 0 atom stereocenters. The fraction of sp³-hybridized carbons (Fsp3) is 0.0556. The lowest BCUT2D eigenvalue weighted by Gasteiger charge is -2.06. The molecule has 6 heteroatoms. The first-order valence-electron chi connectivity index (χ1n) is 7.28. The number of pyridine rings is 1. The molecule has 2 heterocycles. The highest BCUT2D eigenvalue weighted by Gasteiger charge is 2.15. The number of carbonyl (C=O) groups excluding carboxylic acids is 1. The Bertz CT molecular complexity index is 1090. The predicted octanol–water partition coefficient (Wildman–Crippen LogP) is 4.33. The van der Waals surface area contributed by atoms with E-state index in [1.807, 2.05) is 36.4 Å². The largest absolute Gasteiger partial charge is 0.465 e. The number of halogens is 1. The number of ether oxygens (including phenoxy) is 1. The minimum atomic E-state index is -0.417. The molecule has 2 aromatic carbocycles. The molecule has 0 amide bonds. The predicted molar refractivity (Wildman–Crippen MR) is 95.9 cm³/mol. The molecule has 2 aromatic heterocycles. The minimum absolute atomic E-state index is 0.417. The lowest BCUT2D eigenvalue weighted by atomic mass is 10.0. The van der Waals surface area contributed by atoms with Gasteiger partial charge in [0.05, 0.1) is 29.2 Å². The molecule has 0 aliphatic rings. The number of H-pyrrole nitrogens is 1. The van der Waals surface area contributed by atoms with Crippen molar-refractivity contribution in [2.45, 2.75) is 0 Å². The summed E-state index contributed by atoms with van der Waals surface area (Å²) in [4.78, 5) is 24.3. The molecule has 0 aliphatic carbocycles. The minimum Gasteiger partial charge on any atom is -0.465 e. The summed E-state index contributed by atoms with van der Waals surface area (Å²) in [6.07, 6.45) is 1.66. The van der Waals surface area contributed by atoms with Gasteiger partial charge in [0.1, 0.15) is 5.82 Å². The highest BCUT2D eigenvalue weighted by Crippen LogP contribution is 2.28. The Labute approximate surface area is 145 Å². The zero-order chi connectivity index (χ0) is 16.7. The van der Waals surface area contributed by atoms with E-state index in [0.29, 0.717) is 16.9 Å². The molecule has 118 valence electrons. The van der Waals surface area contributed by atoms with E-state index in [9.17, 15) is 4.79 Å². The molecule has 0 aliphatic heterocycles. The third-order valence-corrected chi connectivity index (χ3v) is 4.32. The maximum atomic E-state index is 12.1. The van der Waals surface area contributed by atoms with Crippen molar-refractivity contribution in [1.82, 2.24) is 15.0 Å². The monoisotopic (exact) mass is 381 g/mol. The number of nitrogens with zero attached hydrogens (tertiary/aromatic N) is 2. The lowest BCUT2D eigenvalue weighted by Crippen LogP contribution is -2.03. The first kappa shape index (κ1) is 14.8. The van der Waals surface area contributed by atoms with E-state index in [4.69, 9.17) is 4.74 Å². The third-order valence-electron chi connectivity index (χ3n) is 3.83. The Kier molecular flexibility index (Phi) is 3.54. The van der Waals surface area contributed by atoms with Gasteiger partial charge in [0.2, 0.25) is 0 Å². The van der Waals surface area contributed by atoms with Crippen molar-refractivity contribution in [3.8, 4) is 11.4 Å². The number of aromatic nitrogens is 3. The van der Waals surface area contributed by atoms with Crippen molar-refractivity contribution in [2.24, 2.45) is 0 Å². The zero-order valence-electron chi connectivity index (χ0n) is 12.7. The highest BCUT2D eigenvalue weighted by molar-refractivity contribution is 9.10. The molecule has 0 bridgehead atoms. The molecule has 24 heavy (non-hydrogen) atoms. The van der Waals surface area contributed by atoms with Crippen LogP contribution >= 0.6 is 15.9 Å². The summed E-state index contributed by atoms with van der Waals surface area (Å²) in [7, 11) is 1.36. The fourth-order valence-electron chi connectivity index (χ4n) is 2.71. The third kappa shape index (κ3) is 2.45. The van der Waals surface area contributed by atoms with Crippen molar-refractivity contribution in [3.05, 3.63) is 58.7 Å². The summed E-state index contributed by atoms with van der Waals surface area (Å²) in [5.74, 6) is 0.276. The lowest BCUT2D eigenvalue weighted by molar-refractivity contribution is 0.0603. The molecule has 0 saturated carbocycles. The van der Waals surface area contributed by atoms with Crippen LogP contribution in [-0.4, -0.2) is 28.0 Å². The molecule has 5 nitrogen and oxygen atoms in total. The van der Waals surface area contributed by atoms with Crippen LogP contribution in [0.15, 0.2) is 53.1 Å². The van der Waals surface area contributed by atoms with Crippen LogP contribution in [0.4, 0.5) is 0 Å². The summed E-state index contributed by atoms with van der Waals surface area (Å²) in [5, 5.41) is 0.858. The standard InChI is InChI=1S/C18H12BrN3O2/c1-24-18(23)13-8-11(7-10-3-2-6-20-16(10)13)17-21-14-5-4-12(19)9-15(14)22-17/h2-9H,1H3,(H,21,22). The van der Waals surface area contributed by atoms with Crippen LogP contribution in [0, 0.1) is 0 Å². The number of hydrogen-bond acceptors (Lipinski definition) is 4. The summed E-state index contributed by atoms with van der Waals surface area (Å²) in [6.45, 7) is 0. The SMILES string of the molecule is COC(=O)c1cc(-c2nc3ccc(Br)cc3[nH]2)cc2cccnc12. The normalized spacial score (nSPS) is 11.1. The van der Waals surface area contributed by atoms with Crippen molar-refractivity contribution in [3.63, 3.8) is 0 Å². The van der Waals surface area contributed by atoms with E-state index in [1.165, 1.54) is 7.11 Å². The van der Waals surface area contributed by atoms with Crippen LogP contribution in [0.2, 0.25) is 0 Å². The highest BCUT2D eigenvalue weighted by atomic mass is 79.9. The zero-order valence-corrected chi connectivity index (χ0v) is 14.3.